The van der Waals surface area contributed by atoms with Gasteiger partial charge in [0.25, 0.3) is 0 Å². The molecule has 1 aromatic carbocycles. The Morgan fingerprint density at radius 1 is 1.47 bits per heavy atom. The Balaban J connectivity index is 2.80. The Morgan fingerprint density at radius 3 is 2.60 bits per heavy atom. The number of benzene rings is 1. The van der Waals surface area contributed by atoms with E-state index in [1.807, 2.05) is 0 Å². The molecule has 0 aliphatic heterocycles. The number of aliphatic hydroxyl groups excluding tert-OH is 1. The fourth-order valence-electron chi connectivity index (χ4n) is 1.20. The second-order valence-corrected chi connectivity index (χ2v) is 3.58. The quantitative estimate of drug-likeness (QED) is 0.814. The predicted molar refractivity (Wildman–Crippen MR) is 53.5 cm³/mol. The maximum absolute atomic E-state index is 12.5. The third kappa shape index (κ3) is 3.32. The summed E-state index contributed by atoms with van der Waals surface area (Å²) < 4.78 is 30.0. The molecule has 1 rings (SSSR count). The number of para-hydroxylation sites is 1. The van der Waals surface area contributed by atoms with Crippen LogP contribution in [0.5, 0.6) is 5.75 Å². The van der Waals surface area contributed by atoms with Gasteiger partial charge in [0.1, 0.15) is 11.9 Å². The van der Waals surface area contributed by atoms with Crippen molar-refractivity contribution in [1.82, 2.24) is 0 Å². The summed E-state index contributed by atoms with van der Waals surface area (Å²) in [7, 11) is 1.43. The molecule has 0 amide bonds. The van der Waals surface area contributed by atoms with Crippen LogP contribution in [0.25, 0.3) is 0 Å². The van der Waals surface area contributed by atoms with Gasteiger partial charge < -0.3 is 9.84 Å². The number of methoxy groups -OCH3 is 1. The van der Waals surface area contributed by atoms with Gasteiger partial charge in [-0.05, 0) is 23.2 Å². The molecule has 1 N–H and O–H groups in total. The summed E-state index contributed by atoms with van der Waals surface area (Å²) >= 11 is 4.70. The molecule has 0 fully saturated rings. The summed E-state index contributed by atoms with van der Waals surface area (Å²) in [6, 6.07) is 6.63. The van der Waals surface area contributed by atoms with E-state index in [4.69, 9.17) is 21.4 Å². The van der Waals surface area contributed by atoms with Crippen LogP contribution in [-0.2, 0) is 6.42 Å². The van der Waals surface area contributed by atoms with Gasteiger partial charge >= 0.3 is 5.38 Å². The van der Waals surface area contributed by atoms with Gasteiger partial charge in [0.05, 0.1) is 7.11 Å². The van der Waals surface area contributed by atoms with Crippen LogP contribution in [0, 0.1) is 0 Å². The number of halogens is 3. The SMILES string of the molecule is COc1ccccc1CC(O)C(F)(F)Cl. The van der Waals surface area contributed by atoms with Gasteiger partial charge in [-0.3, -0.25) is 0 Å². The zero-order valence-electron chi connectivity index (χ0n) is 8.08. The topological polar surface area (TPSA) is 29.5 Å². The zero-order chi connectivity index (χ0) is 11.5. The highest BCUT2D eigenvalue weighted by Crippen LogP contribution is 2.28. The molecule has 0 saturated carbocycles. The molecule has 0 aromatic heterocycles. The molecular weight excluding hydrogens is 226 g/mol. The fourth-order valence-corrected chi connectivity index (χ4v) is 1.27. The van der Waals surface area contributed by atoms with Crippen molar-refractivity contribution in [3.8, 4) is 5.75 Å². The molecule has 0 aliphatic rings. The maximum atomic E-state index is 12.5. The molecule has 84 valence electrons. The van der Waals surface area contributed by atoms with Crippen molar-refractivity contribution in [2.75, 3.05) is 7.11 Å². The van der Waals surface area contributed by atoms with Crippen LogP contribution in [0.2, 0.25) is 0 Å². The van der Waals surface area contributed by atoms with E-state index in [2.05, 4.69) is 0 Å². The van der Waals surface area contributed by atoms with Gasteiger partial charge in [0.15, 0.2) is 0 Å². The van der Waals surface area contributed by atoms with Crippen molar-refractivity contribution in [2.24, 2.45) is 0 Å². The van der Waals surface area contributed by atoms with E-state index < -0.39 is 11.5 Å². The lowest BCUT2D eigenvalue weighted by Crippen LogP contribution is -2.29. The number of alkyl halides is 3. The molecule has 0 spiro atoms. The van der Waals surface area contributed by atoms with Crippen molar-refractivity contribution >= 4 is 11.6 Å². The first kappa shape index (κ1) is 12.2. The van der Waals surface area contributed by atoms with Crippen molar-refractivity contribution in [3.05, 3.63) is 29.8 Å². The molecule has 0 bridgehead atoms. The Kier molecular flexibility index (Phi) is 3.88. The predicted octanol–water partition coefficient (Wildman–Crippen LogP) is 2.43. The highest BCUT2D eigenvalue weighted by atomic mass is 35.5. The van der Waals surface area contributed by atoms with E-state index in [0.29, 0.717) is 11.3 Å². The summed E-state index contributed by atoms with van der Waals surface area (Å²) in [5.41, 5.74) is 0.493. The lowest BCUT2D eigenvalue weighted by molar-refractivity contribution is -0.0399. The molecule has 5 heteroatoms. The van der Waals surface area contributed by atoms with Crippen molar-refractivity contribution < 1.29 is 18.6 Å². The first-order valence-corrected chi connectivity index (χ1v) is 4.69. The van der Waals surface area contributed by atoms with Crippen LogP contribution in [-0.4, -0.2) is 23.7 Å². The molecule has 0 radical (unpaired) electrons. The molecular formula is C10H11ClF2O2. The number of ether oxygens (including phenoxy) is 1. The van der Waals surface area contributed by atoms with Gasteiger partial charge in [-0.1, -0.05) is 18.2 Å². The second kappa shape index (κ2) is 4.77. The summed E-state index contributed by atoms with van der Waals surface area (Å²) in [5, 5.41) is 5.50. The lowest BCUT2D eigenvalue weighted by atomic mass is 10.1. The second-order valence-electron chi connectivity index (χ2n) is 3.07. The van der Waals surface area contributed by atoms with Crippen LogP contribution >= 0.6 is 11.6 Å². The standard InChI is InChI=1S/C10H11ClF2O2/c1-15-8-5-3-2-4-7(8)6-9(14)10(11,12)13/h2-5,9,14H,6H2,1H3. The van der Waals surface area contributed by atoms with Gasteiger partial charge in [-0.15, -0.1) is 0 Å². The summed E-state index contributed by atoms with van der Waals surface area (Å²) in [5.74, 6) is 0.456. The number of aliphatic hydroxyl groups is 1. The van der Waals surface area contributed by atoms with Gasteiger partial charge in [0, 0.05) is 6.42 Å². The molecule has 0 aliphatic carbocycles. The highest BCUT2D eigenvalue weighted by molar-refractivity contribution is 6.22. The summed E-state index contributed by atoms with van der Waals surface area (Å²) in [6.45, 7) is 0. The first-order valence-electron chi connectivity index (χ1n) is 4.32. The Morgan fingerprint density at radius 2 is 2.07 bits per heavy atom. The van der Waals surface area contributed by atoms with E-state index in [-0.39, 0.29) is 6.42 Å². The zero-order valence-corrected chi connectivity index (χ0v) is 8.84. The minimum Gasteiger partial charge on any atom is -0.496 e. The third-order valence-corrected chi connectivity index (χ3v) is 2.24. The molecule has 1 aromatic rings. The van der Waals surface area contributed by atoms with Crippen LogP contribution < -0.4 is 4.74 Å². The summed E-state index contributed by atoms with van der Waals surface area (Å²) in [6.07, 6.45) is -2.17. The number of rotatable bonds is 4. The van der Waals surface area contributed by atoms with Crippen molar-refractivity contribution in [3.63, 3.8) is 0 Å². The molecule has 1 atom stereocenters. The molecule has 1 unspecified atom stereocenters. The maximum Gasteiger partial charge on any atom is 0.347 e. The van der Waals surface area contributed by atoms with Crippen LogP contribution in [0.15, 0.2) is 24.3 Å². The Bertz CT molecular complexity index is 325. The van der Waals surface area contributed by atoms with Crippen LogP contribution in [0.1, 0.15) is 5.56 Å². The van der Waals surface area contributed by atoms with E-state index in [1.54, 1.807) is 24.3 Å². The van der Waals surface area contributed by atoms with Crippen LogP contribution in [0.4, 0.5) is 8.78 Å². The first-order chi connectivity index (χ1) is 6.95. The van der Waals surface area contributed by atoms with Crippen molar-refractivity contribution in [1.29, 1.82) is 0 Å². The van der Waals surface area contributed by atoms with Gasteiger partial charge in [0.2, 0.25) is 0 Å². The van der Waals surface area contributed by atoms with Crippen LogP contribution in [0.3, 0.4) is 0 Å². The third-order valence-electron chi connectivity index (χ3n) is 1.98. The molecule has 0 saturated heterocycles. The lowest BCUT2D eigenvalue weighted by Gasteiger charge is -2.17. The van der Waals surface area contributed by atoms with E-state index in [9.17, 15) is 8.78 Å². The monoisotopic (exact) mass is 236 g/mol. The average molecular weight is 237 g/mol. The minimum absolute atomic E-state index is 0.249. The molecule has 0 heterocycles. The fraction of sp³-hybridized carbons (Fsp3) is 0.400. The Hall–Kier alpha value is -0.870. The van der Waals surface area contributed by atoms with Gasteiger partial charge in [-0.2, -0.15) is 8.78 Å². The molecule has 15 heavy (non-hydrogen) atoms. The largest absolute Gasteiger partial charge is 0.496 e. The Labute approximate surface area is 91.4 Å². The van der Waals surface area contributed by atoms with E-state index >= 15 is 0 Å². The van der Waals surface area contributed by atoms with Crippen molar-refractivity contribution in [2.45, 2.75) is 17.9 Å². The van der Waals surface area contributed by atoms with E-state index in [1.165, 1.54) is 7.11 Å². The average Bonchev–Trinajstić information content (AvgIpc) is 2.17. The molecule has 2 nitrogen and oxygen atoms in total. The number of hydrogen-bond donors (Lipinski definition) is 1. The van der Waals surface area contributed by atoms with E-state index in [0.717, 1.165) is 0 Å². The smallest absolute Gasteiger partial charge is 0.347 e. The normalized spacial score (nSPS) is 13.7. The summed E-state index contributed by atoms with van der Waals surface area (Å²) in [4.78, 5) is 0. The van der Waals surface area contributed by atoms with Gasteiger partial charge in [-0.25, -0.2) is 0 Å². The minimum atomic E-state index is -3.62. The highest BCUT2D eigenvalue weighted by Gasteiger charge is 2.35. The number of hydrogen-bond acceptors (Lipinski definition) is 2.